The van der Waals surface area contributed by atoms with E-state index in [0.29, 0.717) is 12.1 Å². The number of piperazine rings is 1. The van der Waals surface area contributed by atoms with E-state index in [2.05, 4.69) is 51.0 Å². The van der Waals surface area contributed by atoms with Crippen LogP contribution in [-0.4, -0.2) is 52.0 Å². The highest BCUT2D eigenvalue weighted by Gasteiger charge is 2.30. The van der Waals surface area contributed by atoms with E-state index in [1.54, 1.807) is 0 Å². The molecular formula is C18H31N3O. The summed E-state index contributed by atoms with van der Waals surface area (Å²) in [6.07, 6.45) is 5.08. The lowest BCUT2D eigenvalue weighted by Crippen LogP contribution is -2.56. The molecule has 1 atom stereocenters. The van der Waals surface area contributed by atoms with Gasteiger partial charge in [0.15, 0.2) is 0 Å². The largest absolute Gasteiger partial charge is 0.348 e. The number of rotatable bonds is 3. The third-order valence-corrected chi connectivity index (χ3v) is 4.66. The third kappa shape index (κ3) is 3.54. The van der Waals surface area contributed by atoms with E-state index < -0.39 is 0 Å². The molecule has 124 valence electrons. The van der Waals surface area contributed by atoms with Gasteiger partial charge in [0.2, 0.25) is 0 Å². The smallest absolute Gasteiger partial charge is 0.255 e. The van der Waals surface area contributed by atoms with Crippen molar-refractivity contribution in [1.82, 2.24) is 14.4 Å². The molecule has 0 radical (unpaired) electrons. The zero-order valence-electron chi connectivity index (χ0n) is 15.0. The van der Waals surface area contributed by atoms with Gasteiger partial charge in [-0.05, 0) is 47.1 Å². The van der Waals surface area contributed by atoms with Gasteiger partial charge in [-0.3, -0.25) is 9.69 Å². The van der Waals surface area contributed by atoms with Crippen LogP contribution in [0.2, 0.25) is 0 Å². The Hall–Kier alpha value is -1.29. The van der Waals surface area contributed by atoms with Gasteiger partial charge in [0.1, 0.15) is 0 Å². The molecule has 1 amide bonds. The van der Waals surface area contributed by atoms with Crippen molar-refractivity contribution in [2.45, 2.75) is 65.6 Å². The predicted molar refractivity (Wildman–Crippen MR) is 91.3 cm³/mol. The Balaban J connectivity index is 2.09. The normalized spacial score (nSPS) is 20.7. The van der Waals surface area contributed by atoms with Gasteiger partial charge in [-0.1, -0.05) is 6.92 Å². The van der Waals surface area contributed by atoms with E-state index >= 15 is 0 Å². The lowest BCUT2D eigenvalue weighted by Gasteiger charge is -2.43. The van der Waals surface area contributed by atoms with E-state index in [1.807, 2.05) is 23.4 Å². The van der Waals surface area contributed by atoms with Crippen molar-refractivity contribution in [1.29, 1.82) is 0 Å². The highest BCUT2D eigenvalue weighted by atomic mass is 16.2. The molecule has 0 aromatic carbocycles. The maximum atomic E-state index is 12.8. The summed E-state index contributed by atoms with van der Waals surface area (Å²) < 4.78 is 2.11. The first kappa shape index (κ1) is 17.1. The van der Waals surface area contributed by atoms with Crippen molar-refractivity contribution in [3.63, 3.8) is 0 Å². The van der Waals surface area contributed by atoms with E-state index in [4.69, 9.17) is 0 Å². The summed E-state index contributed by atoms with van der Waals surface area (Å²) in [5.74, 6) is 0.171. The van der Waals surface area contributed by atoms with Gasteiger partial charge in [0.05, 0.1) is 5.56 Å². The number of nitrogens with zero attached hydrogens (tertiary/aromatic N) is 3. The van der Waals surface area contributed by atoms with Crippen molar-refractivity contribution >= 4 is 5.91 Å². The molecule has 1 fully saturated rings. The van der Waals surface area contributed by atoms with Crippen LogP contribution in [0.1, 0.15) is 58.3 Å². The Morgan fingerprint density at radius 3 is 2.50 bits per heavy atom. The van der Waals surface area contributed by atoms with E-state index in [1.165, 1.54) is 0 Å². The highest BCUT2D eigenvalue weighted by molar-refractivity contribution is 5.94. The molecule has 1 saturated heterocycles. The number of hydrogen-bond acceptors (Lipinski definition) is 2. The maximum absolute atomic E-state index is 12.8. The molecule has 4 heteroatoms. The van der Waals surface area contributed by atoms with E-state index in [9.17, 15) is 4.79 Å². The molecule has 1 aliphatic rings. The Morgan fingerprint density at radius 1 is 1.32 bits per heavy atom. The van der Waals surface area contributed by atoms with Crippen LogP contribution in [0, 0.1) is 0 Å². The van der Waals surface area contributed by atoms with Crippen LogP contribution in [0.25, 0.3) is 0 Å². The second-order valence-corrected chi connectivity index (χ2v) is 7.62. The minimum Gasteiger partial charge on any atom is -0.348 e. The molecule has 4 nitrogen and oxygen atoms in total. The van der Waals surface area contributed by atoms with Crippen molar-refractivity contribution in [3.05, 3.63) is 24.0 Å². The first-order valence-corrected chi connectivity index (χ1v) is 8.47. The molecule has 0 N–H and O–H groups in total. The van der Waals surface area contributed by atoms with Crippen molar-refractivity contribution in [2.24, 2.45) is 0 Å². The quantitative estimate of drug-likeness (QED) is 0.858. The average molecular weight is 305 g/mol. The molecule has 22 heavy (non-hydrogen) atoms. The summed E-state index contributed by atoms with van der Waals surface area (Å²) in [7, 11) is 0. The molecule has 2 rings (SSSR count). The third-order valence-electron chi connectivity index (χ3n) is 4.66. The Labute approximate surface area is 135 Å². The zero-order chi connectivity index (χ0) is 16.5. The first-order valence-electron chi connectivity index (χ1n) is 8.47. The van der Waals surface area contributed by atoms with E-state index in [-0.39, 0.29) is 11.4 Å². The maximum Gasteiger partial charge on any atom is 0.255 e. The molecule has 0 bridgehead atoms. The van der Waals surface area contributed by atoms with Gasteiger partial charge < -0.3 is 9.47 Å². The molecule has 1 aromatic rings. The lowest BCUT2D eigenvalue weighted by molar-refractivity contribution is 0.0371. The van der Waals surface area contributed by atoms with Gasteiger partial charge in [0.25, 0.3) is 5.91 Å². The molecule has 0 aliphatic carbocycles. The van der Waals surface area contributed by atoms with Crippen LogP contribution in [0.3, 0.4) is 0 Å². The first-order chi connectivity index (χ1) is 10.2. The topological polar surface area (TPSA) is 28.5 Å². The Kier molecular flexibility index (Phi) is 5.00. The number of aromatic nitrogens is 1. The van der Waals surface area contributed by atoms with E-state index in [0.717, 1.165) is 31.6 Å². The van der Waals surface area contributed by atoms with Gasteiger partial charge in [-0.25, -0.2) is 0 Å². The molecule has 0 saturated carbocycles. The zero-order valence-corrected chi connectivity index (χ0v) is 15.0. The summed E-state index contributed by atoms with van der Waals surface area (Å²) >= 11 is 0. The van der Waals surface area contributed by atoms with Crippen LogP contribution < -0.4 is 0 Å². The Morgan fingerprint density at radius 2 is 2.00 bits per heavy atom. The molecular weight excluding hydrogens is 274 g/mol. The van der Waals surface area contributed by atoms with Gasteiger partial charge in [-0.15, -0.1) is 0 Å². The number of hydrogen-bond donors (Lipinski definition) is 0. The van der Waals surface area contributed by atoms with Crippen LogP contribution in [0.4, 0.5) is 0 Å². The Bertz CT molecular complexity index is 513. The molecule has 1 aromatic heterocycles. The summed E-state index contributed by atoms with van der Waals surface area (Å²) in [5, 5.41) is 0. The van der Waals surface area contributed by atoms with Gasteiger partial charge >= 0.3 is 0 Å². The second kappa shape index (κ2) is 6.45. The second-order valence-electron chi connectivity index (χ2n) is 7.62. The summed E-state index contributed by atoms with van der Waals surface area (Å²) in [4.78, 5) is 17.3. The standard InChI is InChI=1S/C18H31N3O/c1-7-16-13-19(10-11-21(16)14(2)3)17(22)15-8-9-20(12-15)18(4,5)6/h8-9,12,14,16H,7,10-11,13H2,1-6H3. The fourth-order valence-electron chi connectivity index (χ4n) is 3.22. The molecule has 0 spiro atoms. The minimum atomic E-state index is 0.0147. The minimum absolute atomic E-state index is 0.0147. The van der Waals surface area contributed by atoms with Crippen molar-refractivity contribution in [3.8, 4) is 0 Å². The van der Waals surface area contributed by atoms with Crippen LogP contribution in [0.5, 0.6) is 0 Å². The summed E-state index contributed by atoms with van der Waals surface area (Å²) in [6, 6.07) is 2.97. The lowest BCUT2D eigenvalue weighted by atomic mass is 10.1. The molecule has 2 heterocycles. The molecule has 1 aliphatic heterocycles. The summed E-state index contributed by atoms with van der Waals surface area (Å²) in [5.41, 5.74) is 0.823. The number of carbonyl (C=O) groups excluding carboxylic acids is 1. The van der Waals surface area contributed by atoms with Crippen LogP contribution in [0.15, 0.2) is 18.5 Å². The summed E-state index contributed by atoms with van der Waals surface area (Å²) in [6.45, 7) is 15.8. The average Bonchev–Trinajstić information content (AvgIpc) is 2.95. The fraction of sp³-hybridized carbons (Fsp3) is 0.722. The monoisotopic (exact) mass is 305 g/mol. The van der Waals surface area contributed by atoms with Crippen molar-refractivity contribution < 1.29 is 4.79 Å². The van der Waals surface area contributed by atoms with Crippen molar-refractivity contribution in [2.75, 3.05) is 19.6 Å². The number of carbonyl (C=O) groups is 1. The SMILES string of the molecule is CCC1CN(C(=O)c2ccn(C(C)(C)C)c2)CCN1C(C)C. The van der Waals surface area contributed by atoms with Crippen LogP contribution in [-0.2, 0) is 5.54 Å². The van der Waals surface area contributed by atoms with Crippen LogP contribution >= 0.6 is 0 Å². The van der Waals surface area contributed by atoms with Gasteiger partial charge in [-0.2, -0.15) is 0 Å². The molecule has 1 unspecified atom stereocenters. The fourth-order valence-corrected chi connectivity index (χ4v) is 3.22. The highest BCUT2D eigenvalue weighted by Crippen LogP contribution is 2.20. The van der Waals surface area contributed by atoms with Gasteiger partial charge in [0, 0.05) is 49.7 Å². The predicted octanol–water partition coefficient (Wildman–Crippen LogP) is 3.19. The number of amides is 1.